The van der Waals surface area contributed by atoms with Crippen LogP contribution in [0.5, 0.6) is 11.5 Å². The lowest BCUT2D eigenvalue weighted by atomic mass is 10.1. The second-order valence-electron chi connectivity index (χ2n) is 5.16. The number of nitrogen functional groups attached to an aromatic ring is 1. The number of hydrogen-bond acceptors (Lipinski definition) is 3. The van der Waals surface area contributed by atoms with Crippen LogP contribution >= 0.6 is 19.2 Å². The topological polar surface area (TPSA) is 92.8 Å². The highest BCUT2D eigenvalue weighted by Crippen LogP contribution is 2.41. The van der Waals surface area contributed by atoms with E-state index in [9.17, 15) is 27.5 Å². The molecule has 2 rings (SSSR count). The molecule has 5 nitrogen and oxygen atoms in total. The van der Waals surface area contributed by atoms with E-state index in [2.05, 4.69) is 0 Å². The summed E-state index contributed by atoms with van der Waals surface area (Å²) in [6, 6.07) is 4.97. The molecule has 0 aromatic heterocycles. The van der Waals surface area contributed by atoms with Crippen molar-refractivity contribution in [1.29, 1.82) is 0 Å². The zero-order chi connectivity index (χ0) is 19.0. The summed E-state index contributed by atoms with van der Waals surface area (Å²) in [4.78, 5) is 18.7. The molecule has 0 saturated carbocycles. The number of nitrogens with two attached hydrogens (primary N) is 1. The van der Waals surface area contributed by atoms with Crippen LogP contribution in [-0.2, 0) is 17.2 Å². The van der Waals surface area contributed by atoms with Gasteiger partial charge in [0.2, 0.25) is 0 Å². The van der Waals surface area contributed by atoms with E-state index in [0.717, 1.165) is 18.2 Å². The zero-order valence-corrected chi connectivity index (χ0v) is 14.5. The SMILES string of the molecule is CCc1cc(N)c(P(=O)(O)O)cc1Oc1ccc(C(F)(F)F)cc1Cl. The van der Waals surface area contributed by atoms with Crippen molar-refractivity contribution >= 4 is 30.2 Å². The van der Waals surface area contributed by atoms with Gasteiger partial charge in [-0.15, -0.1) is 0 Å². The van der Waals surface area contributed by atoms with Gasteiger partial charge in [0.05, 0.1) is 15.9 Å². The molecule has 25 heavy (non-hydrogen) atoms. The molecule has 0 aliphatic rings. The second kappa shape index (κ2) is 6.88. The highest BCUT2D eigenvalue weighted by molar-refractivity contribution is 7.60. The molecule has 0 atom stereocenters. The van der Waals surface area contributed by atoms with E-state index in [0.29, 0.717) is 18.1 Å². The molecule has 0 heterocycles. The summed E-state index contributed by atoms with van der Waals surface area (Å²) in [7, 11) is -4.65. The minimum absolute atomic E-state index is 0.0525. The largest absolute Gasteiger partial charge is 0.455 e. The first kappa shape index (κ1) is 19.6. The minimum Gasteiger partial charge on any atom is -0.455 e. The van der Waals surface area contributed by atoms with Crippen LogP contribution in [0.25, 0.3) is 0 Å². The van der Waals surface area contributed by atoms with E-state index < -0.39 is 24.6 Å². The number of halogens is 4. The van der Waals surface area contributed by atoms with Crippen LogP contribution in [0.15, 0.2) is 30.3 Å². The van der Waals surface area contributed by atoms with Crippen molar-refractivity contribution in [2.45, 2.75) is 19.5 Å². The summed E-state index contributed by atoms with van der Waals surface area (Å²) in [5, 5.41) is -0.714. The van der Waals surface area contributed by atoms with E-state index in [4.69, 9.17) is 22.1 Å². The lowest BCUT2D eigenvalue weighted by molar-refractivity contribution is -0.137. The standard InChI is InChI=1S/C15H14ClF3NO4P/c1-2-8-5-11(20)14(25(21,22)23)7-13(8)24-12-4-3-9(6-10(12)16)15(17,18)19/h3-7H,2,20H2,1H3,(H2,21,22,23). The first-order valence-corrected chi connectivity index (χ1v) is 8.95. The van der Waals surface area contributed by atoms with E-state index in [1.54, 1.807) is 6.92 Å². The van der Waals surface area contributed by atoms with Crippen LogP contribution in [0.1, 0.15) is 18.1 Å². The molecule has 0 fully saturated rings. The van der Waals surface area contributed by atoms with Gasteiger partial charge in [-0.05, 0) is 42.3 Å². The molecule has 0 aliphatic carbocycles. The molecule has 0 bridgehead atoms. The summed E-state index contributed by atoms with van der Waals surface area (Å²) in [5.41, 5.74) is 5.13. The Kier molecular flexibility index (Phi) is 5.39. The normalized spacial score (nSPS) is 12.3. The second-order valence-corrected chi connectivity index (χ2v) is 7.14. The molecule has 0 saturated heterocycles. The molecule has 4 N–H and O–H groups in total. The number of aryl methyl sites for hydroxylation is 1. The van der Waals surface area contributed by atoms with Crippen molar-refractivity contribution in [1.82, 2.24) is 0 Å². The monoisotopic (exact) mass is 395 g/mol. The average Bonchev–Trinajstić information content (AvgIpc) is 2.48. The zero-order valence-electron chi connectivity index (χ0n) is 12.8. The highest BCUT2D eigenvalue weighted by Gasteiger charge is 2.31. The quantitative estimate of drug-likeness (QED) is 0.535. The van der Waals surface area contributed by atoms with E-state index in [1.165, 1.54) is 6.07 Å². The fourth-order valence-electron chi connectivity index (χ4n) is 2.13. The molecule has 0 amide bonds. The van der Waals surface area contributed by atoms with Gasteiger partial charge in [-0.2, -0.15) is 13.2 Å². The molecule has 10 heteroatoms. The summed E-state index contributed by atoms with van der Waals surface area (Å²) < 4.78 is 55.0. The molecule has 0 radical (unpaired) electrons. The van der Waals surface area contributed by atoms with Gasteiger partial charge in [0.25, 0.3) is 0 Å². The van der Waals surface area contributed by atoms with Crippen molar-refractivity contribution in [3.63, 3.8) is 0 Å². The van der Waals surface area contributed by atoms with Crippen molar-refractivity contribution in [3.8, 4) is 11.5 Å². The molecular formula is C15H14ClF3NO4P. The lowest BCUT2D eigenvalue weighted by Gasteiger charge is -2.16. The van der Waals surface area contributed by atoms with Crippen molar-refractivity contribution in [2.24, 2.45) is 0 Å². The fraction of sp³-hybridized carbons (Fsp3) is 0.200. The smallest absolute Gasteiger partial charge is 0.416 e. The predicted molar refractivity (Wildman–Crippen MR) is 88.4 cm³/mol. The Balaban J connectivity index is 2.48. The summed E-state index contributed by atoms with van der Waals surface area (Å²) in [6.45, 7) is 1.76. The molecule has 0 unspecified atom stereocenters. The van der Waals surface area contributed by atoms with Gasteiger partial charge < -0.3 is 20.3 Å². The van der Waals surface area contributed by atoms with Gasteiger partial charge in [0, 0.05) is 5.69 Å². The Bertz CT molecular complexity index is 851. The van der Waals surface area contributed by atoms with Gasteiger partial charge in [-0.3, -0.25) is 4.57 Å². The molecular weight excluding hydrogens is 382 g/mol. The van der Waals surface area contributed by atoms with Crippen LogP contribution in [-0.4, -0.2) is 9.79 Å². The molecule has 0 spiro atoms. The molecule has 2 aromatic carbocycles. The van der Waals surface area contributed by atoms with Crippen LogP contribution in [0.4, 0.5) is 18.9 Å². The highest BCUT2D eigenvalue weighted by atomic mass is 35.5. The summed E-state index contributed by atoms with van der Waals surface area (Å²) in [5.74, 6) is -0.0255. The Morgan fingerprint density at radius 1 is 1.20 bits per heavy atom. The first-order valence-electron chi connectivity index (χ1n) is 6.96. The van der Waals surface area contributed by atoms with Crippen LogP contribution in [0, 0.1) is 0 Å². The maximum Gasteiger partial charge on any atom is 0.416 e. The van der Waals surface area contributed by atoms with Gasteiger partial charge in [-0.25, -0.2) is 0 Å². The summed E-state index contributed by atoms with van der Waals surface area (Å²) >= 11 is 5.84. The predicted octanol–water partition coefficient (Wildman–Crippen LogP) is 4.10. The number of rotatable bonds is 4. The Morgan fingerprint density at radius 3 is 2.32 bits per heavy atom. The number of alkyl halides is 3. The van der Waals surface area contributed by atoms with Crippen LogP contribution < -0.4 is 15.8 Å². The average molecular weight is 396 g/mol. The third kappa shape index (κ3) is 4.46. The molecule has 2 aromatic rings. The van der Waals surface area contributed by atoms with Gasteiger partial charge >= 0.3 is 13.8 Å². The molecule has 136 valence electrons. The third-order valence-electron chi connectivity index (χ3n) is 3.38. The van der Waals surface area contributed by atoms with E-state index >= 15 is 0 Å². The van der Waals surface area contributed by atoms with E-state index in [-0.39, 0.29) is 22.2 Å². The Morgan fingerprint density at radius 2 is 1.84 bits per heavy atom. The minimum atomic E-state index is -4.65. The third-order valence-corrected chi connectivity index (χ3v) is 4.69. The van der Waals surface area contributed by atoms with Gasteiger partial charge in [0.1, 0.15) is 11.5 Å². The van der Waals surface area contributed by atoms with Gasteiger partial charge in [0.15, 0.2) is 0 Å². The maximum absolute atomic E-state index is 12.7. The van der Waals surface area contributed by atoms with Crippen LogP contribution in [0.3, 0.4) is 0 Å². The first-order chi connectivity index (χ1) is 11.4. The van der Waals surface area contributed by atoms with Crippen LogP contribution in [0.2, 0.25) is 5.02 Å². The van der Waals surface area contributed by atoms with Crippen molar-refractivity contribution in [2.75, 3.05) is 5.73 Å². The van der Waals surface area contributed by atoms with Crippen molar-refractivity contribution in [3.05, 3.63) is 46.5 Å². The van der Waals surface area contributed by atoms with Gasteiger partial charge in [-0.1, -0.05) is 18.5 Å². The fourth-order valence-corrected chi connectivity index (χ4v) is 3.04. The summed E-state index contributed by atoms with van der Waals surface area (Å²) in [6.07, 6.45) is -4.13. The Hall–Kier alpha value is -1.73. The Labute approximate surface area is 146 Å². The number of ether oxygens (including phenoxy) is 1. The van der Waals surface area contributed by atoms with E-state index in [1.807, 2.05) is 0 Å². The number of benzene rings is 2. The van der Waals surface area contributed by atoms with Crippen molar-refractivity contribution < 1.29 is 32.3 Å². The number of hydrogen-bond donors (Lipinski definition) is 3. The molecule has 0 aliphatic heterocycles. The maximum atomic E-state index is 12.7. The number of anilines is 1. The lowest BCUT2D eigenvalue weighted by Crippen LogP contribution is -2.12.